The summed E-state index contributed by atoms with van der Waals surface area (Å²) in [6, 6.07) is -0.909. The predicted octanol–water partition coefficient (Wildman–Crippen LogP) is 0.943. The van der Waals surface area contributed by atoms with E-state index in [2.05, 4.69) is 26.2 Å². The standard InChI is InChI=1S/C15H18BrF3N4O6S/c1-3-23-14(25)11(7-29-23)21-13(24)9-4-12(20-5-10(9)16)28-6-8(2)22-30(26,27)15(17,18)19/h4-5,8,11,22H,3,6-7H2,1-2H3,(H,21,24)/t8-,11-/m1/s1. The van der Waals surface area contributed by atoms with E-state index in [0.717, 1.165) is 5.06 Å². The molecule has 0 aromatic carbocycles. The fourth-order valence-corrected chi connectivity index (χ4v) is 3.44. The summed E-state index contributed by atoms with van der Waals surface area (Å²) in [6.45, 7) is 2.69. The molecule has 1 aliphatic heterocycles. The van der Waals surface area contributed by atoms with Crippen LogP contribution in [-0.4, -0.2) is 67.6 Å². The largest absolute Gasteiger partial charge is 0.511 e. The molecule has 30 heavy (non-hydrogen) atoms. The molecule has 1 aliphatic rings. The first-order valence-corrected chi connectivity index (χ1v) is 10.8. The molecule has 1 aromatic rings. The summed E-state index contributed by atoms with van der Waals surface area (Å²) in [7, 11) is -5.52. The van der Waals surface area contributed by atoms with E-state index in [1.54, 1.807) is 6.92 Å². The van der Waals surface area contributed by atoms with E-state index in [-0.39, 0.29) is 22.5 Å². The van der Waals surface area contributed by atoms with Crippen LogP contribution in [0.3, 0.4) is 0 Å². The second-order valence-electron chi connectivity index (χ2n) is 6.14. The summed E-state index contributed by atoms with van der Waals surface area (Å²) in [5.41, 5.74) is -5.40. The Bertz CT molecular complexity index is 914. The van der Waals surface area contributed by atoms with Crippen molar-refractivity contribution in [2.45, 2.75) is 31.4 Å². The van der Waals surface area contributed by atoms with Gasteiger partial charge in [0.1, 0.15) is 19.3 Å². The van der Waals surface area contributed by atoms with Gasteiger partial charge in [-0.25, -0.2) is 23.2 Å². The zero-order chi connectivity index (χ0) is 22.7. The molecule has 2 rings (SSSR count). The summed E-state index contributed by atoms with van der Waals surface area (Å²) in [5, 5.41) is 3.62. The molecule has 1 aromatic heterocycles. The van der Waals surface area contributed by atoms with Crippen LogP contribution < -0.4 is 14.8 Å². The molecule has 0 radical (unpaired) electrons. The van der Waals surface area contributed by atoms with E-state index in [1.165, 1.54) is 23.9 Å². The quantitative estimate of drug-likeness (QED) is 0.524. The second-order valence-corrected chi connectivity index (χ2v) is 8.70. The van der Waals surface area contributed by atoms with Crippen LogP contribution in [0.25, 0.3) is 0 Å². The zero-order valence-electron chi connectivity index (χ0n) is 15.7. The van der Waals surface area contributed by atoms with Crippen LogP contribution in [0.4, 0.5) is 13.2 Å². The highest BCUT2D eigenvalue weighted by molar-refractivity contribution is 9.10. The number of aromatic nitrogens is 1. The maximum Gasteiger partial charge on any atom is 0.511 e. The topological polar surface area (TPSA) is 127 Å². The average Bonchev–Trinajstić information content (AvgIpc) is 2.99. The summed E-state index contributed by atoms with van der Waals surface area (Å²) < 4.78 is 66.3. The molecule has 1 fully saturated rings. The minimum atomic E-state index is -5.52. The molecule has 0 unspecified atom stereocenters. The van der Waals surface area contributed by atoms with Crippen molar-refractivity contribution < 1.29 is 40.8 Å². The molecule has 2 amide bonds. The SMILES string of the molecule is CCN1OC[C@@H](NC(=O)c2cc(OC[C@@H](C)NS(=O)(=O)C(F)(F)F)ncc2Br)C1=O. The lowest BCUT2D eigenvalue weighted by atomic mass is 10.2. The van der Waals surface area contributed by atoms with Crippen LogP contribution in [0, 0.1) is 0 Å². The van der Waals surface area contributed by atoms with Crippen LogP contribution in [-0.2, 0) is 19.7 Å². The molecule has 2 heterocycles. The average molecular weight is 519 g/mol. The molecule has 2 atom stereocenters. The zero-order valence-corrected chi connectivity index (χ0v) is 18.1. The molecule has 2 N–H and O–H groups in total. The van der Waals surface area contributed by atoms with Gasteiger partial charge in [0, 0.05) is 23.3 Å². The van der Waals surface area contributed by atoms with Crippen molar-refractivity contribution in [2.24, 2.45) is 0 Å². The Morgan fingerprint density at radius 2 is 2.17 bits per heavy atom. The first-order valence-electron chi connectivity index (χ1n) is 8.47. The van der Waals surface area contributed by atoms with Gasteiger partial charge in [-0.2, -0.15) is 13.2 Å². The lowest BCUT2D eigenvalue weighted by molar-refractivity contribution is -0.160. The minimum absolute atomic E-state index is 0.0265. The number of halogens is 4. The number of hydrogen-bond donors (Lipinski definition) is 2. The molecular formula is C15H18BrF3N4O6S. The lowest BCUT2D eigenvalue weighted by Gasteiger charge is -2.16. The molecule has 0 spiro atoms. The highest BCUT2D eigenvalue weighted by Gasteiger charge is 2.46. The third-order valence-electron chi connectivity index (χ3n) is 3.75. The van der Waals surface area contributed by atoms with Crippen LogP contribution >= 0.6 is 15.9 Å². The molecule has 0 bridgehead atoms. The van der Waals surface area contributed by atoms with Crippen molar-refractivity contribution >= 4 is 37.8 Å². The highest BCUT2D eigenvalue weighted by atomic mass is 79.9. The van der Waals surface area contributed by atoms with Crippen LogP contribution in [0.15, 0.2) is 16.7 Å². The second kappa shape index (κ2) is 9.45. The lowest BCUT2D eigenvalue weighted by Crippen LogP contribution is -2.43. The number of hydrogen-bond acceptors (Lipinski definition) is 7. The van der Waals surface area contributed by atoms with Gasteiger partial charge in [0.25, 0.3) is 11.8 Å². The molecular weight excluding hydrogens is 501 g/mol. The number of carbonyl (C=O) groups excluding carboxylic acids is 2. The number of hydroxylamine groups is 2. The highest BCUT2D eigenvalue weighted by Crippen LogP contribution is 2.23. The Morgan fingerprint density at radius 3 is 2.73 bits per heavy atom. The monoisotopic (exact) mass is 518 g/mol. The molecule has 0 aliphatic carbocycles. The normalized spacial score (nSPS) is 18.4. The Hall–Kier alpha value is -1.97. The van der Waals surface area contributed by atoms with Crippen molar-refractivity contribution in [3.8, 4) is 5.88 Å². The number of alkyl halides is 3. The fourth-order valence-electron chi connectivity index (χ4n) is 2.31. The van der Waals surface area contributed by atoms with E-state index in [4.69, 9.17) is 9.57 Å². The van der Waals surface area contributed by atoms with Gasteiger partial charge < -0.3 is 10.1 Å². The molecule has 168 valence electrons. The van der Waals surface area contributed by atoms with Crippen molar-refractivity contribution in [3.63, 3.8) is 0 Å². The number of likely N-dealkylation sites (N-methyl/N-ethyl adjacent to an activating group) is 1. The number of nitrogens with zero attached hydrogens (tertiary/aromatic N) is 2. The fraction of sp³-hybridized carbons (Fsp3) is 0.533. The number of ether oxygens (including phenoxy) is 1. The summed E-state index contributed by atoms with van der Waals surface area (Å²) in [5.74, 6) is -1.18. The third-order valence-corrected chi connectivity index (χ3v) is 5.70. The predicted molar refractivity (Wildman–Crippen MR) is 99.6 cm³/mol. The van der Waals surface area contributed by atoms with E-state index in [1.807, 2.05) is 0 Å². The van der Waals surface area contributed by atoms with Gasteiger partial charge in [-0.05, 0) is 29.8 Å². The van der Waals surface area contributed by atoms with Gasteiger partial charge in [0.05, 0.1) is 11.6 Å². The maximum atomic E-state index is 12.5. The Labute approximate surface area is 178 Å². The Kier molecular flexibility index (Phi) is 7.65. The Morgan fingerprint density at radius 1 is 1.50 bits per heavy atom. The van der Waals surface area contributed by atoms with Gasteiger partial charge in [-0.1, -0.05) is 0 Å². The van der Waals surface area contributed by atoms with Crippen molar-refractivity contribution in [2.75, 3.05) is 19.8 Å². The van der Waals surface area contributed by atoms with Gasteiger partial charge in [-0.3, -0.25) is 14.4 Å². The third kappa shape index (κ3) is 5.80. The van der Waals surface area contributed by atoms with Gasteiger partial charge in [-0.15, -0.1) is 0 Å². The summed E-state index contributed by atoms with van der Waals surface area (Å²) >= 11 is 3.14. The summed E-state index contributed by atoms with van der Waals surface area (Å²) in [4.78, 5) is 33.5. The van der Waals surface area contributed by atoms with Crippen LogP contribution in [0.2, 0.25) is 0 Å². The number of pyridine rings is 1. The minimum Gasteiger partial charge on any atom is -0.476 e. The molecule has 0 saturated carbocycles. The first-order chi connectivity index (χ1) is 13.9. The number of sulfonamides is 1. The van der Waals surface area contributed by atoms with Crippen molar-refractivity contribution in [3.05, 3.63) is 22.3 Å². The Balaban J connectivity index is 2.01. The van der Waals surface area contributed by atoms with E-state index in [0.29, 0.717) is 6.54 Å². The van der Waals surface area contributed by atoms with Crippen molar-refractivity contribution in [1.29, 1.82) is 0 Å². The number of nitrogens with one attached hydrogen (secondary N) is 2. The van der Waals surface area contributed by atoms with E-state index < -0.39 is 46.0 Å². The first kappa shape index (κ1) is 24.3. The smallest absolute Gasteiger partial charge is 0.476 e. The van der Waals surface area contributed by atoms with Crippen LogP contribution in [0.1, 0.15) is 24.2 Å². The van der Waals surface area contributed by atoms with Gasteiger partial charge in [0.2, 0.25) is 5.88 Å². The van der Waals surface area contributed by atoms with Crippen molar-refractivity contribution in [1.82, 2.24) is 20.1 Å². The van der Waals surface area contributed by atoms with Gasteiger partial charge >= 0.3 is 15.5 Å². The molecule has 10 nitrogen and oxygen atoms in total. The van der Waals surface area contributed by atoms with Gasteiger partial charge in [0.15, 0.2) is 0 Å². The maximum absolute atomic E-state index is 12.5. The molecule has 1 saturated heterocycles. The molecule has 15 heteroatoms. The number of carbonyl (C=O) groups is 2. The number of rotatable bonds is 8. The van der Waals surface area contributed by atoms with E-state index in [9.17, 15) is 31.2 Å². The summed E-state index contributed by atoms with van der Waals surface area (Å²) in [6.07, 6.45) is 1.22. The van der Waals surface area contributed by atoms with E-state index >= 15 is 0 Å². The van der Waals surface area contributed by atoms with Crippen LogP contribution in [0.5, 0.6) is 5.88 Å². The number of amides is 2.